The summed E-state index contributed by atoms with van der Waals surface area (Å²) in [7, 11) is -1.19. The van der Waals surface area contributed by atoms with E-state index in [1.807, 2.05) is 11.9 Å². The topological polar surface area (TPSA) is 46.6 Å². The minimum atomic E-state index is -3.15. The highest BCUT2D eigenvalue weighted by atomic mass is 32.2. The second-order valence-electron chi connectivity index (χ2n) is 3.67. The Morgan fingerprint density at radius 3 is 2.80 bits per heavy atom. The highest BCUT2D eigenvalue weighted by Crippen LogP contribution is 2.32. The van der Waals surface area contributed by atoms with Crippen molar-refractivity contribution >= 4 is 15.5 Å². The van der Waals surface area contributed by atoms with Gasteiger partial charge in [-0.15, -0.1) is 0 Å². The van der Waals surface area contributed by atoms with Crippen LogP contribution in [0.4, 0.5) is 5.69 Å². The van der Waals surface area contributed by atoms with Gasteiger partial charge in [-0.25, -0.2) is 8.42 Å². The van der Waals surface area contributed by atoms with Crippen molar-refractivity contribution in [3.8, 4) is 5.75 Å². The summed E-state index contributed by atoms with van der Waals surface area (Å²) in [5.74, 6) is 0.645. The van der Waals surface area contributed by atoms with E-state index in [1.54, 1.807) is 18.2 Å². The summed E-state index contributed by atoms with van der Waals surface area (Å²) in [6.45, 7) is 1.42. The molecule has 0 saturated heterocycles. The van der Waals surface area contributed by atoms with Crippen LogP contribution in [0.3, 0.4) is 0 Å². The quantitative estimate of drug-likeness (QED) is 0.715. The maximum atomic E-state index is 11.3. The van der Waals surface area contributed by atoms with Crippen molar-refractivity contribution < 1.29 is 13.2 Å². The van der Waals surface area contributed by atoms with Crippen molar-refractivity contribution in [3.05, 3.63) is 18.2 Å². The molecule has 1 aromatic carbocycles. The lowest BCUT2D eigenvalue weighted by Gasteiger charge is -2.27. The SMILES string of the molecule is CN1CCOc2cc(S(C)(=O)=O)ccc21. The number of likely N-dealkylation sites (N-methyl/N-ethyl adjacent to an activating group) is 1. The molecular formula is C10H13NO3S. The van der Waals surface area contributed by atoms with Crippen molar-refractivity contribution in [1.29, 1.82) is 0 Å². The van der Waals surface area contributed by atoms with Gasteiger partial charge >= 0.3 is 0 Å². The molecule has 4 nitrogen and oxygen atoms in total. The zero-order valence-electron chi connectivity index (χ0n) is 8.73. The smallest absolute Gasteiger partial charge is 0.175 e. The fraction of sp³-hybridized carbons (Fsp3) is 0.400. The van der Waals surface area contributed by atoms with E-state index in [0.717, 1.165) is 12.2 Å². The van der Waals surface area contributed by atoms with E-state index >= 15 is 0 Å². The molecule has 0 atom stereocenters. The van der Waals surface area contributed by atoms with Crippen molar-refractivity contribution in [2.24, 2.45) is 0 Å². The molecular weight excluding hydrogens is 214 g/mol. The van der Waals surface area contributed by atoms with Crippen molar-refractivity contribution in [3.63, 3.8) is 0 Å². The summed E-state index contributed by atoms with van der Waals surface area (Å²) < 4.78 is 28.1. The average Bonchev–Trinajstić information content (AvgIpc) is 2.16. The Morgan fingerprint density at radius 2 is 2.13 bits per heavy atom. The van der Waals surface area contributed by atoms with E-state index in [9.17, 15) is 8.42 Å². The van der Waals surface area contributed by atoms with Gasteiger partial charge in [0.2, 0.25) is 0 Å². The maximum absolute atomic E-state index is 11.3. The minimum absolute atomic E-state index is 0.302. The summed E-state index contributed by atoms with van der Waals surface area (Å²) in [6, 6.07) is 4.98. The molecule has 0 unspecified atom stereocenters. The van der Waals surface area contributed by atoms with E-state index < -0.39 is 9.84 Å². The average molecular weight is 227 g/mol. The number of anilines is 1. The Labute approximate surface area is 89.4 Å². The fourth-order valence-corrected chi connectivity index (χ4v) is 2.21. The lowest BCUT2D eigenvalue weighted by molar-refractivity contribution is 0.310. The summed E-state index contributed by atoms with van der Waals surface area (Å²) in [5, 5.41) is 0. The monoisotopic (exact) mass is 227 g/mol. The van der Waals surface area contributed by atoms with E-state index in [1.165, 1.54) is 6.26 Å². The van der Waals surface area contributed by atoms with Gasteiger partial charge in [0.15, 0.2) is 9.84 Å². The number of rotatable bonds is 1. The molecule has 1 heterocycles. The maximum Gasteiger partial charge on any atom is 0.175 e. The van der Waals surface area contributed by atoms with Crippen molar-refractivity contribution in [1.82, 2.24) is 0 Å². The van der Waals surface area contributed by atoms with E-state index in [-0.39, 0.29) is 0 Å². The van der Waals surface area contributed by atoms with Gasteiger partial charge in [-0.1, -0.05) is 0 Å². The molecule has 0 radical (unpaired) electrons. The Morgan fingerprint density at radius 1 is 1.40 bits per heavy atom. The molecule has 1 aliphatic heterocycles. The molecule has 82 valence electrons. The van der Waals surface area contributed by atoms with E-state index in [0.29, 0.717) is 17.3 Å². The van der Waals surface area contributed by atoms with Gasteiger partial charge < -0.3 is 9.64 Å². The number of hydrogen-bond donors (Lipinski definition) is 0. The van der Waals surface area contributed by atoms with Crippen LogP contribution in [0.2, 0.25) is 0 Å². The predicted molar refractivity (Wildman–Crippen MR) is 58.3 cm³/mol. The van der Waals surface area contributed by atoms with Gasteiger partial charge in [0.05, 0.1) is 17.1 Å². The molecule has 0 aliphatic carbocycles. The molecule has 2 rings (SSSR count). The largest absolute Gasteiger partial charge is 0.490 e. The molecule has 0 spiro atoms. The first kappa shape index (κ1) is 10.3. The van der Waals surface area contributed by atoms with Gasteiger partial charge in [0.25, 0.3) is 0 Å². The zero-order valence-corrected chi connectivity index (χ0v) is 9.54. The van der Waals surface area contributed by atoms with Crippen molar-refractivity contribution in [2.75, 3.05) is 31.4 Å². The van der Waals surface area contributed by atoms with Gasteiger partial charge in [0.1, 0.15) is 12.4 Å². The van der Waals surface area contributed by atoms with Crippen LogP contribution < -0.4 is 9.64 Å². The fourth-order valence-electron chi connectivity index (χ4n) is 1.57. The molecule has 0 bridgehead atoms. The molecule has 0 amide bonds. The normalized spacial score (nSPS) is 15.7. The molecule has 0 N–H and O–H groups in total. The van der Waals surface area contributed by atoms with Gasteiger partial charge in [0, 0.05) is 19.4 Å². The lowest BCUT2D eigenvalue weighted by Crippen LogP contribution is -2.28. The standard InChI is InChI=1S/C10H13NO3S/c1-11-5-6-14-10-7-8(15(2,12)13)3-4-9(10)11/h3-4,7H,5-6H2,1-2H3. The third kappa shape index (κ3) is 1.92. The number of nitrogens with zero attached hydrogens (tertiary/aromatic N) is 1. The van der Waals surface area contributed by atoms with Crippen LogP contribution >= 0.6 is 0 Å². The Bertz CT molecular complexity index is 481. The zero-order chi connectivity index (χ0) is 11.1. The second-order valence-corrected chi connectivity index (χ2v) is 5.69. The van der Waals surface area contributed by atoms with Gasteiger partial charge in [-0.3, -0.25) is 0 Å². The highest BCUT2D eigenvalue weighted by molar-refractivity contribution is 7.90. The van der Waals surface area contributed by atoms with Gasteiger partial charge in [-0.2, -0.15) is 0 Å². The number of ether oxygens (including phenoxy) is 1. The van der Waals surface area contributed by atoms with Crippen LogP contribution in [-0.4, -0.2) is 34.9 Å². The van der Waals surface area contributed by atoms with E-state index in [4.69, 9.17) is 4.74 Å². The molecule has 1 aromatic rings. The Kier molecular flexibility index (Phi) is 2.34. The van der Waals surface area contributed by atoms with Crippen LogP contribution in [0.25, 0.3) is 0 Å². The molecule has 0 aromatic heterocycles. The second kappa shape index (κ2) is 3.41. The Hall–Kier alpha value is -1.23. The molecule has 0 fully saturated rings. The third-order valence-electron chi connectivity index (χ3n) is 2.45. The van der Waals surface area contributed by atoms with Crippen LogP contribution in [0.5, 0.6) is 5.75 Å². The Balaban J connectivity index is 2.51. The highest BCUT2D eigenvalue weighted by Gasteiger charge is 2.17. The molecule has 15 heavy (non-hydrogen) atoms. The lowest BCUT2D eigenvalue weighted by atomic mass is 10.2. The van der Waals surface area contributed by atoms with E-state index in [2.05, 4.69) is 0 Å². The minimum Gasteiger partial charge on any atom is -0.490 e. The number of hydrogen-bond acceptors (Lipinski definition) is 4. The number of sulfone groups is 1. The first-order valence-electron chi connectivity index (χ1n) is 4.66. The molecule has 1 aliphatic rings. The predicted octanol–water partition coefficient (Wildman–Crippen LogP) is 0.919. The van der Waals surface area contributed by atoms with Crippen LogP contribution in [0.15, 0.2) is 23.1 Å². The van der Waals surface area contributed by atoms with Crippen molar-refractivity contribution in [2.45, 2.75) is 4.90 Å². The first-order valence-corrected chi connectivity index (χ1v) is 6.55. The summed E-state index contributed by atoms with van der Waals surface area (Å²) in [4.78, 5) is 2.35. The summed E-state index contributed by atoms with van der Waals surface area (Å²) in [5.41, 5.74) is 0.939. The summed E-state index contributed by atoms with van der Waals surface area (Å²) in [6.07, 6.45) is 1.20. The van der Waals surface area contributed by atoms with Crippen LogP contribution in [0.1, 0.15) is 0 Å². The molecule has 5 heteroatoms. The van der Waals surface area contributed by atoms with Gasteiger partial charge in [-0.05, 0) is 12.1 Å². The molecule has 0 saturated carbocycles. The van der Waals surface area contributed by atoms with Crippen LogP contribution in [-0.2, 0) is 9.84 Å². The number of benzene rings is 1. The first-order chi connectivity index (χ1) is 6.98. The summed E-state index contributed by atoms with van der Waals surface area (Å²) >= 11 is 0. The van der Waals surface area contributed by atoms with Crippen LogP contribution in [0, 0.1) is 0 Å². The number of fused-ring (bicyclic) bond motifs is 1. The third-order valence-corrected chi connectivity index (χ3v) is 3.57.